The number of hydrogen-bond acceptors (Lipinski definition) is 3. The molecule has 0 fully saturated rings. The highest BCUT2D eigenvalue weighted by Crippen LogP contribution is 2.23. The molecule has 0 aliphatic heterocycles. The van der Waals surface area contributed by atoms with Gasteiger partial charge in [0.25, 0.3) is 0 Å². The summed E-state index contributed by atoms with van der Waals surface area (Å²) in [5.74, 6) is 1.02. The molecule has 1 N–H and O–H groups in total. The molecule has 0 aliphatic rings. The largest absolute Gasteiger partial charge is 0.491 e. The van der Waals surface area contributed by atoms with Crippen LogP contribution in [0.5, 0.6) is 11.5 Å². The first-order chi connectivity index (χ1) is 11.5. The fraction of sp³-hybridized carbons (Fsp3) is 0.368. The maximum Gasteiger partial charge on any atom is 0.387 e. The van der Waals surface area contributed by atoms with Gasteiger partial charge in [-0.3, -0.25) is 0 Å². The summed E-state index contributed by atoms with van der Waals surface area (Å²) in [6.45, 7) is 3.58. The highest BCUT2D eigenvalue weighted by molar-refractivity contribution is 5.34. The fourth-order valence-corrected chi connectivity index (χ4v) is 2.37. The van der Waals surface area contributed by atoms with Gasteiger partial charge in [0.05, 0.1) is 6.10 Å². The summed E-state index contributed by atoms with van der Waals surface area (Å²) in [7, 11) is 0. The Labute approximate surface area is 141 Å². The van der Waals surface area contributed by atoms with Crippen LogP contribution in [-0.4, -0.2) is 12.7 Å². The summed E-state index contributed by atoms with van der Waals surface area (Å²) in [6.07, 6.45) is 0.113. The Hall–Kier alpha value is -2.14. The zero-order valence-corrected chi connectivity index (χ0v) is 14.1. The first-order valence-electron chi connectivity index (χ1n) is 7.98. The summed E-state index contributed by atoms with van der Waals surface area (Å²) in [4.78, 5) is 0. The molecule has 2 rings (SSSR count). The van der Waals surface area contributed by atoms with Crippen molar-refractivity contribution in [3.05, 3.63) is 59.7 Å². The van der Waals surface area contributed by atoms with Crippen molar-refractivity contribution in [2.45, 2.75) is 46.1 Å². The van der Waals surface area contributed by atoms with Crippen molar-refractivity contribution in [2.75, 3.05) is 0 Å². The van der Waals surface area contributed by atoms with Crippen molar-refractivity contribution in [1.82, 2.24) is 5.32 Å². The molecule has 0 heterocycles. The molecule has 0 aliphatic carbocycles. The molecule has 0 spiro atoms. The number of ether oxygens (including phenoxy) is 2. The molecule has 0 saturated heterocycles. The van der Waals surface area contributed by atoms with Crippen LogP contribution >= 0.6 is 0 Å². The van der Waals surface area contributed by atoms with Crippen LogP contribution in [0.1, 0.15) is 37.9 Å². The first kappa shape index (κ1) is 18.2. The molecule has 2 aromatic carbocycles. The Balaban J connectivity index is 2.02. The lowest BCUT2D eigenvalue weighted by Gasteiger charge is -2.18. The minimum absolute atomic E-state index is 0.0420. The predicted molar refractivity (Wildman–Crippen MR) is 90.5 cm³/mol. The maximum atomic E-state index is 12.5. The number of para-hydroxylation sites is 1. The highest BCUT2D eigenvalue weighted by atomic mass is 19.3. The van der Waals surface area contributed by atoms with E-state index in [0.29, 0.717) is 12.1 Å². The Morgan fingerprint density at radius 3 is 2.42 bits per heavy atom. The zero-order chi connectivity index (χ0) is 17.5. The lowest BCUT2D eigenvalue weighted by atomic mass is 10.1. The van der Waals surface area contributed by atoms with E-state index >= 15 is 0 Å². The van der Waals surface area contributed by atoms with Crippen LogP contribution in [0.15, 0.2) is 48.5 Å². The van der Waals surface area contributed by atoms with Gasteiger partial charge in [0.15, 0.2) is 0 Å². The van der Waals surface area contributed by atoms with Crippen molar-refractivity contribution >= 4 is 0 Å². The zero-order valence-electron chi connectivity index (χ0n) is 14.1. The molecule has 5 heteroatoms. The van der Waals surface area contributed by atoms with E-state index in [-0.39, 0.29) is 17.9 Å². The lowest BCUT2D eigenvalue weighted by molar-refractivity contribution is -0.0505. The van der Waals surface area contributed by atoms with Crippen LogP contribution in [0.2, 0.25) is 0 Å². The van der Waals surface area contributed by atoms with Gasteiger partial charge in [-0.05, 0) is 44.5 Å². The second-order valence-corrected chi connectivity index (χ2v) is 5.83. The third-order valence-electron chi connectivity index (χ3n) is 3.52. The molecule has 0 amide bonds. The van der Waals surface area contributed by atoms with Gasteiger partial charge in [-0.1, -0.05) is 30.3 Å². The molecular weight excluding hydrogens is 312 g/mol. The smallest absolute Gasteiger partial charge is 0.387 e. The first-order valence-corrected chi connectivity index (χ1v) is 7.98. The highest BCUT2D eigenvalue weighted by Gasteiger charge is 2.11. The molecule has 24 heavy (non-hydrogen) atoms. The van der Waals surface area contributed by atoms with E-state index in [1.54, 1.807) is 24.3 Å². The minimum Gasteiger partial charge on any atom is -0.491 e. The number of alkyl halides is 2. The molecule has 1 atom stereocenters. The van der Waals surface area contributed by atoms with E-state index in [9.17, 15) is 8.78 Å². The van der Waals surface area contributed by atoms with E-state index in [1.165, 1.54) is 0 Å². The van der Waals surface area contributed by atoms with Crippen molar-refractivity contribution in [2.24, 2.45) is 0 Å². The maximum absolute atomic E-state index is 12.5. The molecule has 1 unspecified atom stereocenters. The van der Waals surface area contributed by atoms with Gasteiger partial charge in [-0.15, -0.1) is 0 Å². The van der Waals surface area contributed by atoms with Gasteiger partial charge < -0.3 is 14.8 Å². The minimum atomic E-state index is -2.83. The molecule has 0 saturated carbocycles. The Kier molecular flexibility index (Phi) is 6.55. The van der Waals surface area contributed by atoms with E-state index in [1.807, 2.05) is 45.0 Å². The second-order valence-electron chi connectivity index (χ2n) is 5.83. The van der Waals surface area contributed by atoms with E-state index < -0.39 is 6.61 Å². The average molecular weight is 335 g/mol. The topological polar surface area (TPSA) is 30.5 Å². The summed E-state index contributed by atoms with van der Waals surface area (Å²) in [5, 5.41) is 3.33. The van der Waals surface area contributed by atoms with Crippen LogP contribution in [0, 0.1) is 0 Å². The normalized spacial score (nSPS) is 12.5. The molecule has 2 aromatic rings. The van der Waals surface area contributed by atoms with Crippen LogP contribution in [-0.2, 0) is 6.54 Å². The van der Waals surface area contributed by atoms with Crippen LogP contribution in [0.3, 0.4) is 0 Å². The van der Waals surface area contributed by atoms with Crippen LogP contribution in [0.4, 0.5) is 8.78 Å². The molecule has 0 bridgehead atoms. The third kappa shape index (κ3) is 5.49. The van der Waals surface area contributed by atoms with E-state index in [2.05, 4.69) is 10.1 Å². The van der Waals surface area contributed by atoms with Gasteiger partial charge in [-0.25, -0.2) is 0 Å². The lowest BCUT2D eigenvalue weighted by Crippen LogP contribution is -2.19. The van der Waals surface area contributed by atoms with E-state index in [0.717, 1.165) is 11.3 Å². The monoisotopic (exact) mass is 335 g/mol. The standard InChI is InChI=1S/C19H23F2NO2/c1-13(2)23-17-9-6-8-15(11-17)14(3)22-12-16-7-4-5-10-18(16)24-19(20)21/h4-11,13-14,19,22H,12H2,1-3H3. The number of benzene rings is 2. The summed E-state index contributed by atoms with van der Waals surface area (Å²) in [5.41, 5.74) is 1.76. The SMILES string of the molecule is CC(C)Oc1cccc(C(C)NCc2ccccc2OC(F)F)c1. The van der Waals surface area contributed by atoms with Crippen molar-refractivity contribution in [1.29, 1.82) is 0 Å². The van der Waals surface area contributed by atoms with Gasteiger partial charge >= 0.3 is 6.61 Å². The second kappa shape index (κ2) is 8.64. The van der Waals surface area contributed by atoms with Gasteiger partial charge in [-0.2, -0.15) is 8.78 Å². The van der Waals surface area contributed by atoms with Gasteiger partial charge in [0.1, 0.15) is 11.5 Å². The van der Waals surface area contributed by atoms with Crippen LogP contribution in [0.25, 0.3) is 0 Å². The number of rotatable bonds is 8. The molecule has 3 nitrogen and oxygen atoms in total. The summed E-state index contributed by atoms with van der Waals surface area (Å²) in [6, 6.07) is 14.7. The Morgan fingerprint density at radius 2 is 1.71 bits per heavy atom. The summed E-state index contributed by atoms with van der Waals surface area (Å²) < 4.78 is 35.2. The van der Waals surface area contributed by atoms with Gasteiger partial charge in [0, 0.05) is 18.2 Å². The van der Waals surface area contributed by atoms with Crippen LogP contribution < -0.4 is 14.8 Å². The number of hydrogen-bond donors (Lipinski definition) is 1. The number of halogens is 2. The molecule has 0 radical (unpaired) electrons. The Bertz CT molecular complexity index is 647. The Morgan fingerprint density at radius 1 is 0.958 bits per heavy atom. The fourth-order valence-electron chi connectivity index (χ4n) is 2.37. The quantitative estimate of drug-likeness (QED) is 0.742. The van der Waals surface area contributed by atoms with Crippen molar-refractivity contribution in [3.8, 4) is 11.5 Å². The molecular formula is C19H23F2NO2. The summed E-state index contributed by atoms with van der Waals surface area (Å²) >= 11 is 0. The predicted octanol–water partition coefficient (Wildman–Crippen LogP) is 4.93. The van der Waals surface area contributed by atoms with Gasteiger partial charge in [0.2, 0.25) is 0 Å². The molecule has 130 valence electrons. The van der Waals surface area contributed by atoms with E-state index in [4.69, 9.17) is 4.74 Å². The van der Waals surface area contributed by atoms with Crippen molar-refractivity contribution < 1.29 is 18.3 Å². The number of nitrogens with one attached hydrogen (secondary N) is 1. The third-order valence-corrected chi connectivity index (χ3v) is 3.52. The van der Waals surface area contributed by atoms with Crippen molar-refractivity contribution in [3.63, 3.8) is 0 Å². The molecule has 0 aromatic heterocycles. The average Bonchev–Trinajstić information content (AvgIpc) is 2.53.